The molecule has 202 valence electrons. The normalized spacial score (nSPS) is 28.7. The van der Waals surface area contributed by atoms with Crippen LogP contribution in [0.4, 0.5) is 0 Å². The van der Waals surface area contributed by atoms with E-state index in [0.29, 0.717) is 28.1 Å². The smallest absolute Gasteiger partial charge is 0.0147 e. The standard InChI is InChI=1S/C31H58N2P2/c1-27(2,3)25-17-24(31(34,21-13-15-32-18-21)22-14-16-33-19-22)23(26(25)28(4,5)6)20-35(29(7,8)9)30(10,11)12/h17,21-23,32-33H,13-16,18-20,34H2,1-12H3. The Balaban J connectivity index is 2.24. The van der Waals surface area contributed by atoms with E-state index in [2.05, 4.69) is 109 Å². The number of rotatable bonds is 5. The van der Waals surface area contributed by atoms with Gasteiger partial charge in [0.2, 0.25) is 0 Å². The van der Waals surface area contributed by atoms with Gasteiger partial charge in [-0.3, -0.25) is 0 Å². The lowest BCUT2D eigenvalue weighted by Crippen LogP contribution is -2.46. The van der Waals surface area contributed by atoms with E-state index >= 15 is 0 Å². The first-order valence-electron chi connectivity index (χ1n) is 14.2. The van der Waals surface area contributed by atoms with Crippen molar-refractivity contribution >= 4 is 17.2 Å². The van der Waals surface area contributed by atoms with Crippen LogP contribution in [0, 0.1) is 28.6 Å². The number of nitrogens with one attached hydrogen (secondary N) is 2. The molecule has 3 rings (SSSR count). The van der Waals surface area contributed by atoms with Crippen molar-refractivity contribution in [3.8, 4) is 0 Å². The van der Waals surface area contributed by atoms with Crippen LogP contribution in [-0.2, 0) is 0 Å². The second-order valence-electron chi connectivity index (χ2n) is 15.7. The van der Waals surface area contributed by atoms with E-state index in [4.69, 9.17) is 0 Å². The van der Waals surface area contributed by atoms with Gasteiger partial charge in [0.25, 0.3) is 0 Å². The highest BCUT2D eigenvalue weighted by Crippen LogP contribution is 2.65. The summed E-state index contributed by atoms with van der Waals surface area (Å²) in [5.74, 6) is 1.94. The van der Waals surface area contributed by atoms with E-state index in [-0.39, 0.29) is 23.9 Å². The highest BCUT2D eigenvalue weighted by atomic mass is 31.1. The van der Waals surface area contributed by atoms with E-state index in [9.17, 15) is 0 Å². The fraction of sp³-hybridized carbons (Fsp3) is 0.871. The molecule has 0 radical (unpaired) electrons. The van der Waals surface area contributed by atoms with Crippen molar-refractivity contribution in [1.82, 2.24) is 10.6 Å². The van der Waals surface area contributed by atoms with Crippen molar-refractivity contribution in [1.29, 1.82) is 0 Å². The molecule has 2 saturated heterocycles. The molecule has 0 bridgehead atoms. The summed E-state index contributed by atoms with van der Waals surface area (Å²) in [6.45, 7) is 34.4. The second kappa shape index (κ2) is 10.1. The first-order valence-corrected chi connectivity index (χ1v) is 16.3. The maximum atomic E-state index is 3.74. The third-order valence-corrected chi connectivity index (χ3v) is 14.1. The minimum atomic E-state index is -0.196. The molecule has 4 heteroatoms. The molecule has 2 nitrogen and oxygen atoms in total. The summed E-state index contributed by atoms with van der Waals surface area (Å²) in [5, 5.41) is 8.31. The molecule has 4 atom stereocenters. The molecular weight excluding hydrogens is 462 g/mol. The summed E-state index contributed by atoms with van der Waals surface area (Å²) in [4.78, 5) is 0. The number of allylic oxidation sites excluding steroid dienone is 4. The van der Waals surface area contributed by atoms with E-state index in [1.807, 2.05) is 0 Å². The molecular formula is C31H58N2P2. The van der Waals surface area contributed by atoms with Gasteiger partial charge in [-0.2, -0.15) is 0 Å². The average molecular weight is 521 g/mol. The van der Waals surface area contributed by atoms with Gasteiger partial charge in [-0.25, -0.2) is 0 Å². The Hall–Kier alpha value is 0.260. The molecule has 1 aliphatic carbocycles. The maximum absolute atomic E-state index is 3.74. The van der Waals surface area contributed by atoms with Crippen LogP contribution < -0.4 is 10.6 Å². The van der Waals surface area contributed by atoms with Crippen LogP contribution in [0.1, 0.15) is 95.9 Å². The first-order chi connectivity index (χ1) is 15.8. The Morgan fingerprint density at radius 1 is 0.771 bits per heavy atom. The van der Waals surface area contributed by atoms with Crippen molar-refractivity contribution in [3.05, 3.63) is 22.8 Å². The van der Waals surface area contributed by atoms with Crippen LogP contribution in [-0.4, -0.2) is 47.8 Å². The summed E-state index contributed by atoms with van der Waals surface area (Å²) in [6.07, 6.45) is 6.66. The third kappa shape index (κ3) is 6.13. The van der Waals surface area contributed by atoms with Crippen molar-refractivity contribution in [3.63, 3.8) is 0 Å². The summed E-state index contributed by atoms with van der Waals surface area (Å²) in [6, 6.07) is 0. The van der Waals surface area contributed by atoms with Crippen molar-refractivity contribution < 1.29 is 0 Å². The monoisotopic (exact) mass is 520 g/mol. The number of hydrogen-bond acceptors (Lipinski definition) is 2. The second-order valence-corrected chi connectivity index (χ2v) is 20.6. The van der Waals surface area contributed by atoms with E-state index in [1.54, 1.807) is 16.7 Å². The average Bonchev–Trinajstić information content (AvgIpc) is 3.43. The van der Waals surface area contributed by atoms with E-state index in [0.717, 1.165) is 13.1 Å². The van der Waals surface area contributed by atoms with Crippen molar-refractivity contribution in [2.24, 2.45) is 28.6 Å². The third-order valence-electron chi connectivity index (χ3n) is 8.89. The summed E-state index contributed by atoms with van der Waals surface area (Å²) in [5.41, 5.74) is 5.45. The van der Waals surface area contributed by atoms with Crippen molar-refractivity contribution in [2.45, 2.75) is 111 Å². The molecule has 4 unspecified atom stereocenters. The molecule has 0 aromatic rings. The minimum Gasteiger partial charge on any atom is -0.316 e. The van der Waals surface area contributed by atoms with Crippen LogP contribution in [0.2, 0.25) is 0 Å². The summed E-state index contributed by atoms with van der Waals surface area (Å²) < 4.78 is 0. The molecule has 2 aliphatic heterocycles. The van der Waals surface area contributed by atoms with Gasteiger partial charge in [-0.15, -0.1) is 9.24 Å². The molecule has 0 aromatic carbocycles. The fourth-order valence-corrected chi connectivity index (χ4v) is 12.2. The van der Waals surface area contributed by atoms with Crippen LogP contribution in [0.15, 0.2) is 22.8 Å². The van der Waals surface area contributed by atoms with Crippen molar-refractivity contribution in [2.75, 3.05) is 32.3 Å². The Morgan fingerprint density at radius 2 is 1.23 bits per heavy atom. The Kier molecular flexibility index (Phi) is 8.60. The molecule has 0 amide bonds. The van der Waals surface area contributed by atoms with Gasteiger partial charge in [-0.1, -0.05) is 108 Å². The van der Waals surface area contributed by atoms with Gasteiger partial charge in [-0.05, 0) is 83.7 Å². The maximum Gasteiger partial charge on any atom is 0.0147 e. The predicted molar refractivity (Wildman–Crippen MR) is 163 cm³/mol. The van der Waals surface area contributed by atoms with Crippen LogP contribution in [0.25, 0.3) is 0 Å². The molecule has 0 spiro atoms. The quantitative estimate of drug-likeness (QED) is 0.361. The largest absolute Gasteiger partial charge is 0.316 e. The molecule has 0 aromatic heterocycles. The van der Waals surface area contributed by atoms with Gasteiger partial charge in [0.05, 0.1) is 0 Å². The summed E-state index contributed by atoms with van der Waals surface area (Å²) >= 11 is 0. The zero-order chi connectivity index (χ0) is 26.6. The number of hydrogen-bond donors (Lipinski definition) is 2. The van der Waals surface area contributed by atoms with E-state index in [1.165, 1.54) is 32.1 Å². The molecule has 0 saturated carbocycles. The van der Waals surface area contributed by atoms with Gasteiger partial charge >= 0.3 is 0 Å². The van der Waals surface area contributed by atoms with Gasteiger partial charge in [0.1, 0.15) is 0 Å². The molecule has 2 fully saturated rings. The first kappa shape index (κ1) is 29.8. The van der Waals surface area contributed by atoms with E-state index < -0.39 is 0 Å². The Morgan fingerprint density at radius 3 is 1.54 bits per heavy atom. The Bertz CT molecular complexity index is 784. The highest BCUT2D eigenvalue weighted by molar-refractivity contribution is 7.60. The van der Waals surface area contributed by atoms with Gasteiger partial charge in [0, 0.05) is 11.1 Å². The highest BCUT2D eigenvalue weighted by Gasteiger charge is 2.53. The lowest BCUT2D eigenvalue weighted by atomic mass is 9.68. The van der Waals surface area contributed by atoms with Crippen LogP contribution >= 0.6 is 17.2 Å². The van der Waals surface area contributed by atoms with Crippen LogP contribution in [0.3, 0.4) is 0 Å². The minimum absolute atomic E-state index is 0.155. The van der Waals surface area contributed by atoms with Gasteiger partial charge < -0.3 is 10.6 Å². The molecule has 2 heterocycles. The zero-order valence-electron chi connectivity index (χ0n) is 25.3. The lowest BCUT2D eigenvalue weighted by Gasteiger charge is -2.49. The molecule has 2 N–H and O–H groups in total. The molecule has 3 aliphatic rings. The lowest BCUT2D eigenvalue weighted by molar-refractivity contribution is 0.316. The molecule has 35 heavy (non-hydrogen) atoms. The SMILES string of the molecule is CC(C)(C)C1=C(C(C)(C)C)C(CP(C(C)(C)C)C(C)(C)C)C(C(P)(C2CCNC2)C2CCNC2)=C1. The predicted octanol–water partition coefficient (Wildman–Crippen LogP) is 7.84. The topological polar surface area (TPSA) is 24.1 Å². The van der Waals surface area contributed by atoms with Crippen LogP contribution in [0.5, 0.6) is 0 Å². The Labute approximate surface area is 222 Å². The fourth-order valence-electron chi connectivity index (χ4n) is 7.51. The zero-order valence-corrected chi connectivity index (χ0v) is 27.3. The van der Waals surface area contributed by atoms with Gasteiger partial charge in [0.15, 0.2) is 0 Å². The summed E-state index contributed by atoms with van der Waals surface area (Å²) in [7, 11) is 3.35.